The molecule has 5 nitrogen and oxygen atoms in total. The van der Waals surface area contributed by atoms with Gasteiger partial charge in [-0.25, -0.2) is 0 Å². The molecule has 1 saturated heterocycles. The lowest BCUT2D eigenvalue weighted by Crippen LogP contribution is -2.20. The third kappa shape index (κ3) is 6.96. The van der Waals surface area contributed by atoms with Crippen LogP contribution in [-0.4, -0.2) is 51.8 Å². The lowest BCUT2D eigenvalue weighted by atomic mass is 10.3. The predicted octanol–water partition coefficient (Wildman–Crippen LogP) is 3.24. The van der Waals surface area contributed by atoms with Gasteiger partial charge in [0, 0.05) is 13.7 Å². The van der Waals surface area contributed by atoms with E-state index in [1.807, 2.05) is 24.3 Å². The van der Waals surface area contributed by atoms with Crippen molar-refractivity contribution in [3.63, 3.8) is 0 Å². The van der Waals surface area contributed by atoms with E-state index >= 15 is 0 Å². The van der Waals surface area contributed by atoms with Gasteiger partial charge in [0.15, 0.2) is 6.29 Å². The first-order chi connectivity index (χ1) is 11.3. The third-order valence-corrected chi connectivity index (χ3v) is 3.86. The lowest BCUT2D eigenvalue weighted by molar-refractivity contribution is -0.110. The predicted molar refractivity (Wildman–Crippen MR) is 88.5 cm³/mol. The van der Waals surface area contributed by atoms with Crippen LogP contribution in [-0.2, 0) is 14.2 Å². The van der Waals surface area contributed by atoms with Crippen molar-refractivity contribution >= 4 is 11.6 Å². The largest absolute Gasteiger partial charge is 0.494 e. The van der Waals surface area contributed by atoms with Crippen LogP contribution in [0, 0.1) is 0 Å². The van der Waals surface area contributed by atoms with E-state index in [9.17, 15) is 0 Å². The van der Waals surface area contributed by atoms with E-state index in [0.717, 1.165) is 30.8 Å². The van der Waals surface area contributed by atoms with Crippen LogP contribution >= 0.6 is 11.6 Å². The monoisotopic (exact) mass is 344 g/mol. The molecule has 1 aliphatic heterocycles. The molecule has 0 aliphatic carbocycles. The van der Waals surface area contributed by atoms with Crippen LogP contribution in [0.2, 0.25) is 0 Å². The van der Waals surface area contributed by atoms with Crippen LogP contribution in [0.5, 0.6) is 11.5 Å². The fraction of sp³-hybridized carbons (Fsp3) is 0.647. The molecule has 0 bridgehead atoms. The van der Waals surface area contributed by atoms with Gasteiger partial charge in [0.25, 0.3) is 0 Å². The van der Waals surface area contributed by atoms with Crippen molar-refractivity contribution in [2.45, 2.75) is 30.9 Å². The molecule has 0 amide bonds. The van der Waals surface area contributed by atoms with E-state index in [1.54, 1.807) is 7.11 Å². The van der Waals surface area contributed by atoms with Crippen LogP contribution in [0.4, 0.5) is 0 Å². The molecule has 2 atom stereocenters. The van der Waals surface area contributed by atoms with E-state index in [2.05, 4.69) is 0 Å². The van der Waals surface area contributed by atoms with Gasteiger partial charge in [-0.2, -0.15) is 0 Å². The summed E-state index contributed by atoms with van der Waals surface area (Å²) >= 11 is 6.06. The van der Waals surface area contributed by atoms with Crippen LogP contribution in [0.1, 0.15) is 19.3 Å². The first-order valence-corrected chi connectivity index (χ1v) is 8.45. The zero-order valence-electron chi connectivity index (χ0n) is 13.5. The highest BCUT2D eigenvalue weighted by atomic mass is 35.5. The Morgan fingerprint density at radius 3 is 2.26 bits per heavy atom. The standard InChI is InChI=1S/C17H25ClO5/c1-19-12-13-21-15-6-4-14(5-7-15)20-9-2-3-10-22-17-16(18)8-11-23-17/h4-7,16-17H,2-3,8-13H2,1H3. The fourth-order valence-corrected chi connectivity index (χ4v) is 2.39. The summed E-state index contributed by atoms with van der Waals surface area (Å²) in [5, 5.41) is -0.0177. The number of benzene rings is 1. The Labute approximate surface area is 142 Å². The summed E-state index contributed by atoms with van der Waals surface area (Å²) in [7, 11) is 1.65. The maximum atomic E-state index is 6.06. The smallest absolute Gasteiger partial charge is 0.173 e. The molecule has 6 heteroatoms. The number of ether oxygens (including phenoxy) is 5. The molecule has 2 unspecified atom stereocenters. The Morgan fingerprint density at radius 1 is 1.00 bits per heavy atom. The second-order valence-electron chi connectivity index (χ2n) is 5.28. The third-order valence-electron chi connectivity index (χ3n) is 3.44. The van der Waals surface area contributed by atoms with Gasteiger partial charge in [-0.15, -0.1) is 11.6 Å². The van der Waals surface area contributed by atoms with Crippen LogP contribution in [0.15, 0.2) is 24.3 Å². The number of rotatable bonds is 11. The van der Waals surface area contributed by atoms with Gasteiger partial charge in [0.1, 0.15) is 18.1 Å². The van der Waals surface area contributed by atoms with Crippen molar-refractivity contribution in [1.29, 1.82) is 0 Å². The Hall–Kier alpha value is -1.01. The summed E-state index contributed by atoms with van der Waals surface area (Å²) < 4.78 is 27.1. The molecule has 1 aliphatic rings. The molecular formula is C17H25ClO5. The second kappa shape index (κ2) is 10.7. The number of hydrogen-bond donors (Lipinski definition) is 0. The average molecular weight is 345 g/mol. The minimum absolute atomic E-state index is 0.0177. The first-order valence-electron chi connectivity index (χ1n) is 8.01. The molecule has 1 aromatic carbocycles. The van der Waals surface area contributed by atoms with Gasteiger partial charge in [0.2, 0.25) is 0 Å². The Morgan fingerprint density at radius 2 is 1.65 bits per heavy atom. The van der Waals surface area contributed by atoms with E-state index in [0.29, 0.717) is 33.0 Å². The molecule has 0 saturated carbocycles. The van der Waals surface area contributed by atoms with Gasteiger partial charge in [-0.1, -0.05) is 0 Å². The minimum atomic E-state index is -0.247. The number of alkyl halides is 1. The summed E-state index contributed by atoms with van der Waals surface area (Å²) in [6, 6.07) is 7.60. The van der Waals surface area contributed by atoms with Crippen molar-refractivity contribution in [2.75, 3.05) is 40.1 Å². The van der Waals surface area contributed by atoms with Gasteiger partial charge in [-0.05, 0) is 43.5 Å². The highest BCUT2D eigenvalue weighted by Gasteiger charge is 2.26. The van der Waals surface area contributed by atoms with Gasteiger partial charge in [0.05, 0.1) is 25.2 Å². The zero-order valence-corrected chi connectivity index (χ0v) is 14.3. The summed E-state index contributed by atoms with van der Waals surface area (Å²) in [4.78, 5) is 0. The molecular weight excluding hydrogens is 320 g/mol. The maximum absolute atomic E-state index is 6.06. The van der Waals surface area contributed by atoms with Crippen molar-refractivity contribution in [2.24, 2.45) is 0 Å². The molecule has 1 aromatic rings. The molecule has 23 heavy (non-hydrogen) atoms. The Balaban J connectivity index is 1.52. The lowest BCUT2D eigenvalue weighted by Gasteiger charge is -2.14. The summed E-state index contributed by atoms with van der Waals surface area (Å²) in [5.41, 5.74) is 0. The fourth-order valence-electron chi connectivity index (χ4n) is 2.16. The molecule has 0 aromatic heterocycles. The number of halogens is 1. The SMILES string of the molecule is COCCOc1ccc(OCCCCOC2OCCC2Cl)cc1. The summed E-state index contributed by atoms with van der Waals surface area (Å²) in [6.45, 7) is 3.11. The highest BCUT2D eigenvalue weighted by Crippen LogP contribution is 2.20. The second-order valence-corrected chi connectivity index (χ2v) is 5.84. The molecule has 0 N–H and O–H groups in total. The van der Waals surface area contributed by atoms with Crippen molar-refractivity contribution in [1.82, 2.24) is 0 Å². The van der Waals surface area contributed by atoms with E-state index < -0.39 is 0 Å². The highest BCUT2D eigenvalue weighted by molar-refractivity contribution is 6.21. The molecule has 0 radical (unpaired) electrons. The van der Waals surface area contributed by atoms with Gasteiger partial charge in [-0.3, -0.25) is 0 Å². The van der Waals surface area contributed by atoms with Crippen LogP contribution in [0.25, 0.3) is 0 Å². The van der Waals surface area contributed by atoms with E-state index in [4.69, 9.17) is 35.3 Å². The minimum Gasteiger partial charge on any atom is -0.494 e. The van der Waals surface area contributed by atoms with E-state index in [-0.39, 0.29) is 11.7 Å². The number of hydrogen-bond acceptors (Lipinski definition) is 5. The Bertz CT molecular complexity index is 425. The molecule has 0 spiro atoms. The van der Waals surface area contributed by atoms with Crippen molar-refractivity contribution in [3.8, 4) is 11.5 Å². The quantitative estimate of drug-likeness (QED) is 0.455. The Kier molecular flexibility index (Phi) is 8.53. The van der Waals surface area contributed by atoms with Crippen LogP contribution < -0.4 is 9.47 Å². The molecule has 1 fully saturated rings. The van der Waals surface area contributed by atoms with Crippen LogP contribution in [0.3, 0.4) is 0 Å². The summed E-state index contributed by atoms with van der Waals surface area (Å²) in [5.74, 6) is 1.65. The zero-order chi connectivity index (χ0) is 16.3. The molecule has 130 valence electrons. The molecule has 1 heterocycles. The average Bonchev–Trinajstić information content (AvgIpc) is 2.97. The number of methoxy groups -OCH3 is 1. The first kappa shape index (κ1) is 18.3. The van der Waals surface area contributed by atoms with E-state index in [1.165, 1.54) is 0 Å². The van der Waals surface area contributed by atoms with Gasteiger partial charge >= 0.3 is 0 Å². The molecule has 2 rings (SSSR count). The number of unbranched alkanes of at least 4 members (excludes halogenated alkanes) is 1. The van der Waals surface area contributed by atoms with Crippen molar-refractivity contribution < 1.29 is 23.7 Å². The normalized spacial score (nSPS) is 20.6. The summed E-state index contributed by atoms with van der Waals surface area (Å²) in [6.07, 6.45) is 2.46. The van der Waals surface area contributed by atoms with Crippen molar-refractivity contribution in [3.05, 3.63) is 24.3 Å². The topological polar surface area (TPSA) is 46.2 Å². The maximum Gasteiger partial charge on any atom is 0.173 e. The van der Waals surface area contributed by atoms with Gasteiger partial charge < -0.3 is 23.7 Å².